The fourth-order valence-electron chi connectivity index (χ4n) is 17.9. The summed E-state index contributed by atoms with van der Waals surface area (Å²) in [6.07, 6.45) is 11.4. The lowest BCUT2D eigenvalue weighted by atomic mass is 9.98. The first kappa shape index (κ1) is 89.3. The van der Waals surface area contributed by atoms with Crippen molar-refractivity contribution in [1.29, 1.82) is 0 Å². The highest BCUT2D eigenvalue weighted by atomic mass is 16.3. The summed E-state index contributed by atoms with van der Waals surface area (Å²) in [7, 11) is 0. The first-order valence-corrected chi connectivity index (χ1v) is 45.3. The van der Waals surface area contributed by atoms with Gasteiger partial charge in [-0.2, -0.15) is 20.4 Å². The largest absolute Gasteiger partial charge is 0.464 e. The van der Waals surface area contributed by atoms with Crippen molar-refractivity contribution in [2.75, 3.05) is 52.5 Å². The van der Waals surface area contributed by atoms with Crippen molar-refractivity contribution in [2.24, 2.45) is 5.92 Å². The van der Waals surface area contributed by atoms with Crippen LogP contribution < -0.4 is 16.0 Å². The second-order valence-electron chi connectivity index (χ2n) is 34.0. The molecule has 0 atom stereocenters. The molecule has 7 aromatic carbocycles. The average molecular weight is 1740 g/mol. The van der Waals surface area contributed by atoms with Crippen LogP contribution in [0.3, 0.4) is 0 Å². The van der Waals surface area contributed by atoms with E-state index < -0.39 is 0 Å². The van der Waals surface area contributed by atoms with Gasteiger partial charge in [0, 0.05) is 194 Å². The van der Waals surface area contributed by atoms with Gasteiger partial charge in [0.05, 0.1) is 58.0 Å². The number of fused-ring (bicyclic) bond motifs is 5. The number of carbonyl (C=O) groups excluding carboxylic acids is 5. The number of aromatic nitrogens is 9. The Labute approximate surface area is 753 Å². The van der Waals surface area contributed by atoms with E-state index in [0.29, 0.717) is 133 Å². The molecule has 26 nitrogen and oxygen atoms in total. The minimum Gasteiger partial charge on any atom is -0.464 e. The second kappa shape index (κ2) is 43.1. The molecule has 0 spiro atoms. The monoisotopic (exact) mass is 1730 g/mol. The van der Waals surface area contributed by atoms with E-state index in [4.69, 9.17) is 9.52 Å². The first-order chi connectivity index (χ1) is 63.2. The van der Waals surface area contributed by atoms with Gasteiger partial charge in [-0.15, -0.1) is 0 Å². The quantitative estimate of drug-likeness (QED) is 0.0266. The van der Waals surface area contributed by atoms with Crippen LogP contribution in [-0.4, -0.2) is 166 Å². The predicted octanol–water partition coefficient (Wildman–Crippen LogP) is 12.4. The summed E-state index contributed by atoms with van der Waals surface area (Å²) < 4.78 is 13.0. The Morgan fingerprint density at radius 3 is 1.36 bits per heavy atom. The summed E-state index contributed by atoms with van der Waals surface area (Å²) >= 11 is 0. The van der Waals surface area contributed by atoms with Gasteiger partial charge in [-0.1, -0.05) is 201 Å². The number of amides is 5. The third-order valence-corrected chi connectivity index (χ3v) is 25.1. The smallest absolute Gasteiger partial charge is 0.275 e. The van der Waals surface area contributed by atoms with Crippen LogP contribution in [0.15, 0.2) is 235 Å². The van der Waals surface area contributed by atoms with E-state index in [-0.39, 0.29) is 49.4 Å². The van der Waals surface area contributed by atoms with Crippen LogP contribution in [0.1, 0.15) is 174 Å². The number of benzene rings is 7. The lowest BCUT2D eigenvalue weighted by Crippen LogP contribution is -2.39. The number of aliphatic hydroxyl groups excluding tert-OH is 3. The van der Waals surface area contributed by atoms with Gasteiger partial charge in [0.1, 0.15) is 5.76 Å². The van der Waals surface area contributed by atoms with Crippen LogP contribution in [0.4, 0.5) is 0 Å². The maximum absolute atomic E-state index is 13.7. The summed E-state index contributed by atoms with van der Waals surface area (Å²) in [5, 5.41) is 56.0. The van der Waals surface area contributed by atoms with Crippen molar-refractivity contribution < 1.29 is 43.7 Å². The number of pyridine rings is 1. The van der Waals surface area contributed by atoms with Crippen molar-refractivity contribution >= 4 is 29.5 Å². The molecule has 6 aromatic heterocycles. The minimum absolute atomic E-state index is 0.00607. The average Bonchev–Trinajstić information content (AvgIpc) is 1.62. The highest BCUT2D eigenvalue weighted by Gasteiger charge is 2.37. The van der Waals surface area contributed by atoms with E-state index in [1.165, 1.54) is 38.9 Å². The molecule has 666 valence electrons. The molecule has 6 N–H and O–H groups in total. The third-order valence-electron chi connectivity index (χ3n) is 25.1. The molecule has 13 aromatic rings. The molecule has 0 saturated heterocycles. The SMILES string of the molecule is CCc1ccc(CN2CCc3c(c(C(=O)NCc4ccccc4)nn3CCO)C2)cc1.Cc1ccccc1CN1CCc2c(c(C(=O)NCc3ccccc3)nn2CCO)C1.O=C(CC1CC1)N1CCc2c(c(C(=O)N3CCc4ccccc4C3)nn2Cc2ccccn2)C1.O=C(NCc1ccccc1)c1nn(CCO)c2c1CN(Cc1ccccc1-c1ccco1)CC2. The number of hydrogen-bond donors (Lipinski definition) is 6. The molecular formula is C103H115N17O9. The van der Waals surface area contributed by atoms with Gasteiger partial charge in [-0.05, 0) is 118 Å². The Morgan fingerprint density at radius 2 is 0.853 bits per heavy atom. The Kier molecular flexibility index (Phi) is 29.9. The van der Waals surface area contributed by atoms with E-state index in [1.807, 2.05) is 154 Å². The van der Waals surface area contributed by atoms with Gasteiger partial charge >= 0.3 is 0 Å². The van der Waals surface area contributed by atoms with Gasteiger partial charge in [0.2, 0.25) is 5.91 Å². The van der Waals surface area contributed by atoms with Crippen LogP contribution in [0, 0.1) is 12.8 Å². The van der Waals surface area contributed by atoms with E-state index >= 15 is 0 Å². The number of aliphatic hydroxyl groups is 3. The molecule has 0 unspecified atom stereocenters. The Balaban J connectivity index is 0.000000126. The maximum atomic E-state index is 13.7. The van der Waals surface area contributed by atoms with Gasteiger partial charge in [-0.3, -0.25) is 62.4 Å². The summed E-state index contributed by atoms with van der Waals surface area (Å²) in [6.45, 7) is 16.9. The van der Waals surface area contributed by atoms with Gasteiger partial charge in [-0.25, -0.2) is 0 Å². The summed E-state index contributed by atoms with van der Waals surface area (Å²) in [5.74, 6) is 1.06. The zero-order chi connectivity index (χ0) is 89.0. The number of rotatable bonds is 28. The standard InChI is InChI=1S/C27H29N5O2.C27H28N4O3.C25H30N4O2.C24H28N4O2/c33-25(15-19-8-9-19)30-14-11-24-23(18-30)26(29-32(24)17-22-7-3-4-12-28-22)27(34)31-13-10-20-5-1-2-6-21(20)16-31;32-15-14-31-24-12-13-30(18-21-9-4-5-10-22(21)25-11-6-16-34-25)19-23(24)26(29-31)27(33)28-17-20-7-2-1-3-8-20;1-2-19-8-10-21(11-9-19)17-28-13-12-23-22(18-28)24(27-29(23)14-15-30)25(31)26-16-20-6-4-3-5-7-20;1-18-7-5-6-10-20(18)16-27-12-11-22-21(17-27)23(26-28(22)13-14-29)24(30)25-15-19-8-3-2-4-9-19/h1-7,12,19H,8-11,13-18H2;1-11,16,32H,12-15,17-19H2,(H,28,33);3-11,30H,2,12-18H2,1H3,(H,26,31);2-10,29H,11-17H2,1H3,(H,25,30). The van der Waals surface area contributed by atoms with E-state index in [2.05, 4.69) is 144 Å². The lowest BCUT2D eigenvalue weighted by molar-refractivity contribution is -0.132. The van der Waals surface area contributed by atoms with Crippen LogP contribution in [-0.2, 0) is 141 Å². The highest BCUT2D eigenvalue weighted by molar-refractivity contribution is 5.96. The molecule has 19 rings (SSSR count). The molecule has 129 heavy (non-hydrogen) atoms. The Morgan fingerprint density at radius 1 is 0.403 bits per heavy atom. The van der Waals surface area contributed by atoms with Crippen LogP contribution in [0.5, 0.6) is 0 Å². The maximum Gasteiger partial charge on any atom is 0.275 e. The molecular weight excluding hydrogens is 1620 g/mol. The minimum atomic E-state index is -0.186. The number of nitrogens with one attached hydrogen (secondary N) is 3. The van der Waals surface area contributed by atoms with Crippen molar-refractivity contribution in [1.82, 2.24) is 84.6 Å². The summed E-state index contributed by atoms with van der Waals surface area (Å²) in [4.78, 5) is 81.0. The van der Waals surface area contributed by atoms with Crippen molar-refractivity contribution in [3.8, 4) is 11.3 Å². The normalized spacial score (nSPS) is 14.6. The highest BCUT2D eigenvalue weighted by Crippen LogP contribution is 2.36. The van der Waals surface area contributed by atoms with Crippen LogP contribution in [0.25, 0.3) is 11.3 Å². The molecule has 26 heteroatoms. The van der Waals surface area contributed by atoms with Gasteiger partial charge < -0.3 is 45.5 Å². The number of carbonyl (C=O) groups is 5. The van der Waals surface area contributed by atoms with Crippen LogP contribution >= 0.6 is 0 Å². The zero-order valence-corrected chi connectivity index (χ0v) is 73.7. The molecule has 6 aliphatic rings. The fourth-order valence-corrected chi connectivity index (χ4v) is 17.9. The fraction of sp³-hybridized carbons (Fsp3) is 0.340. The number of hydrogen-bond acceptors (Lipinski definition) is 17. The van der Waals surface area contributed by atoms with Crippen molar-refractivity contribution in [3.05, 3.63) is 360 Å². The van der Waals surface area contributed by atoms with E-state index in [1.54, 1.807) is 26.5 Å². The molecule has 0 radical (unpaired) electrons. The Hall–Kier alpha value is -13.1. The summed E-state index contributed by atoms with van der Waals surface area (Å²) in [6, 6.07) is 73.0. The van der Waals surface area contributed by atoms with Gasteiger partial charge in [0.25, 0.3) is 23.6 Å². The molecule has 11 heterocycles. The molecule has 1 aliphatic carbocycles. The van der Waals surface area contributed by atoms with Crippen molar-refractivity contribution in [3.63, 3.8) is 0 Å². The number of furan rings is 1. The van der Waals surface area contributed by atoms with E-state index in [0.717, 1.165) is 163 Å². The molecule has 0 bridgehead atoms. The van der Waals surface area contributed by atoms with Crippen LogP contribution in [0.2, 0.25) is 0 Å². The van der Waals surface area contributed by atoms with Crippen molar-refractivity contribution in [2.45, 2.75) is 170 Å². The Bertz CT molecular complexity index is 5950. The summed E-state index contributed by atoms with van der Waals surface area (Å²) in [5.41, 5.74) is 24.0. The molecule has 5 aliphatic heterocycles. The zero-order valence-electron chi connectivity index (χ0n) is 73.7. The molecule has 5 amide bonds. The number of nitrogens with zero attached hydrogens (tertiary/aromatic N) is 14. The first-order valence-electron chi connectivity index (χ1n) is 45.3. The van der Waals surface area contributed by atoms with Gasteiger partial charge in [0.15, 0.2) is 22.8 Å². The molecule has 1 saturated carbocycles. The molecule has 1 fully saturated rings. The van der Waals surface area contributed by atoms with E-state index in [9.17, 15) is 39.3 Å². The topological polar surface area (TPSA) is 296 Å². The number of aryl methyl sites for hydroxylation is 2. The third kappa shape index (κ3) is 22.5. The second-order valence-corrected chi connectivity index (χ2v) is 34.0. The predicted molar refractivity (Wildman–Crippen MR) is 492 cm³/mol. The lowest BCUT2D eigenvalue weighted by Gasteiger charge is -2.30.